The van der Waals surface area contributed by atoms with E-state index < -0.39 is 22.5 Å². The van der Waals surface area contributed by atoms with E-state index in [1.165, 1.54) is 0 Å². The van der Waals surface area contributed by atoms with Crippen LogP contribution in [-0.4, -0.2) is 17.1 Å². The molecule has 0 radical (unpaired) electrons. The molecule has 0 aromatic rings. The van der Waals surface area contributed by atoms with Crippen molar-refractivity contribution >= 4 is 23.5 Å². The molecule has 1 aliphatic heterocycles. The van der Waals surface area contributed by atoms with Gasteiger partial charge in [-0.2, -0.15) is 0 Å². The fraction of sp³-hybridized carbons (Fsp3) is 0.714. The second-order valence-corrected chi connectivity index (χ2v) is 3.96. The van der Waals surface area contributed by atoms with Crippen LogP contribution in [0.4, 0.5) is 4.39 Å². The van der Waals surface area contributed by atoms with Gasteiger partial charge < -0.3 is 4.74 Å². The van der Waals surface area contributed by atoms with Crippen molar-refractivity contribution in [3.8, 4) is 0 Å². The molecule has 3 nitrogen and oxygen atoms in total. The lowest BCUT2D eigenvalue weighted by Gasteiger charge is -2.19. The first-order valence-corrected chi connectivity index (χ1v) is 3.94. The van der Waals surface area contributed by atoms with E-state index in [9.17, 15) is 14.0 Å². The first kappa shape index (κ1) is 7.98. The Morgan fingerprint density at radius 1 is 1.33 bits per heavy atom. The zero-order valence-electron chi connectivity index (χ0n) is 6.10. The van der Waals surface area contributed by atoms with Crippen molar-refractivity contribution in [2.24, 2.45) is 5.41 Å². The van der Waals surface area contributed by atoms with Crippen LogP contribution in [0.5, 0.6) is 0 Å². The number of halogens is 2. The number of hydrogen-bond acceptors (Lipinski definition) is 3. The third-order valence-corrected chi connectivity index (χ3v) is 2.94. The Balaban J connectivity index is 2.20. The van der Waals surface area contributed by atoms with E-state index in [0.717, 1.165) is 0 Å². The Morgan fingerprint density at radius 3 is 2.08 bits per heavy atom. The van der Waals surface area contributed by atoms with E-state index in [0.29, 0.717) is 0 Å². The van der Waals surface area contributed by atoms with Gasteiger partial charge in [0.1, 0.15) is 0 Å². The van der Waals surface area contributed by atoms with Crippen LogP contribution in [0, 0.1) is 5.41 Å². The molecule has 2 aliphatic rings. The van der Waals surface area contributed by atoms with E-state index in [4.69, 9.17) is 11.6 Å². The van der Waals surface area contributed by atoms with Gasteiger partial charge in [-0.25, -0.2) is 4.39 Å². The third-order valence-electron chi connectivity index (χ3n) is 2.40. The Morgan fingerprint density at radius 2 is 1.75 bits per heavy atom. The van der Waals surface area contributed by atoms with Gasteiger partial charge in [0.15, 0.2) is 5.13 Å². The summed E-state index contributed by atoms with van der Waals surface area (Å²) in [6, 6.07) is 0. The van der Waals surface area contributed by atoms with Crippen LogP contribution in [0.2, 0.25) is 0 Å². The van der Waals surface area contributed by atoms with Crippen LogP contribution in [0.3, 0.4) is 0 Å². The highest BCUT2D eigenvalue weighted by molar-refractivity contribution is 6.26. The number of hydrogen-bond donors (Lipinski definition) is 0. The number of carbonyl (C=O) groups excluding carboxylic acids is 2. The summed E-state index contributed by atoms with van der Waals surface area (Å²) in [5, 5.41) is -1.87. The largest absolute Gasteiger partial charge is 0.393 e. The lowest BCUT2D eigenvalue weighted by atomic mass is 9.96. The average Bonchev–Trinajstić information content (AvgIpc) is 2.27. The van der Waals surface area contributed by atoms with Crippen LogP contribution in [0.15, 0.2) is 0 Å². The summed E-state index contributed by atoms with van der Waals surface area (Å²) < 4.78 is 17.3. The second-order valence-electron chi connectivity index (χ2n) is 3.36. The molecule has 2 rings (SSSR count). The van der Waals surface area contributed by atoms with Crippen molar-refractivity contribution in [1.82, 2.24) is 0 Å². The fourth-order valence-electron chi connectivity index (χ4n) is 1.58. The minimum absolute atomic E-state index is 0.0718. The van der Waals surface area contributed by atoms with E-state index in [1.54, 1.807) is 0 Å². The lowest BCUT2D eigenvalue weighted by Crippen LogP contribution is -2.29. The molecule has 12 heavy (non-hydrogen) atoms. The summed E-state index contributed by atoms with van der Waals surface area (Å²) in [6.07, 6.45) is -0.0973. The highest BCUT2D eigenvalue weighted by Crippen LogP contribution is 2.67. The van der Waals surface area contributed by atoms with Crippen molar-refractivity contribution in [3.05, 3.63) is 0 Å². The summed E-state index contributed by atoms with van der Waals surface area (Å²) in [6.45, 7) is 0. The van der Waals surface area contributed by atoms with Crippen molar-refractivity contribution in [2.75, 3.05) is 0 Å². The Labute approximate surface area is 72.8 Å². The summed E-state index contributed by atoms with van der Waals surface area (Å²) in [5.41, 5.74) is -0.957. The molecule has 0 N–H and O–H groups in total. The van der Waals surface area contributed by atoms with E-state index in [1.807, 2.05) is 0 Å². The summed E-state index contributed by atoms with van der Waals surface area (Å²) in [7, 11) is 0. The van der Waals surface area contributed by atoms with Crippen molar-refractivity contribution < 1.29 is 18.7 Å². The van der Waals surface area contributed by atoms with Crippen LogP contribution >= 0.6 is 11.6 Å². The zero-order valence-corrected chi connectivity index (χ0v) is 6.86. The molecule has 1 saturated carbocycles. The SMILES string of the molecule is O=C1CC2(CC(=O)O1)CC2(F)Cl. The Bertz CT molecular complexity index is 258. The number of esters is 2. The highest BCUT2D eigenvalue weighted by atomic mass is 35.5. The van der Waals surface area contributed by atoms with Gasteiger partial charge in [0, 0.05) is 11.8 Å². The molecule has 0 bridgehead atoms. The molecular formula is C7H6ClFO3. The maximum absolute atomic E-state index is 13.1. The number of rotatable bonds is 0. The minimum Gasteiger partial charge on any atom is -0.393 e. The maximum atomic E-state index is 13.1. The molecule has 1 atom stereocenters. The van der Waals surface area contributed by atoms with E-state index in [2.05, 4.69) is 4.74 Å². The summed E-state index contributed by atoms with van der Waals surface area (Å²) in [5.74, 6) is -1.35. The predicted molar refractivity (Wildman–Crippen MR) is 37.1 cm³/mol. The lowest BCUT2D eigenvalue weighted by molar-refractivity contribution is -0.166. The van der Waals surface area contributed by atoms with Crippen LogP contribution < -0.4 is 0 Å². The summed E-state index contributed by atoms with van der Waals surface area (Å²) >= 11 is 5.38. The average molecular weight is 193 g/mol. The van der Waals surface area contributed by atoms with Crippen molar-refractivity contribution in [2.45, 2.75) is 24.4 Å². The molecular weight excluding hydrogens is 187 g/mol. The molecule has 0 aromatic heterocycles. The van der Waals surface area contributed by atoms with Gasteiger partial charge in [-0.05, 0) is 0 Å². The quantitative estimate of drug-likeness (QED) is 0.329. The van der Waals surface area contributed by atoms with E-state index >= 15 is 0 Å². The number of carbonyl (C=O) groups is 2. The Kier molecular flexibility index (Phi) is 1.32. The number of cyclic esters (lactones) is 2. The van der Waals surface area contributed by atoms with E-state index in [-0.39, 0.29) is 19.3 Å². The molecule has 0 amide bonds. The molecule has 1 unspecified atom stereocenters. The molecule has 1 aliphatic carbocycles. The topological polar surface area (TPSA) is 43.4 Å². The zero-order chi connectivity index (χ0) is 8.98. The van der Waals surface area contributed by atoms with Gasteiger partial charge in [0.2, 0.25) is 0 Å². The molecule has 2 fully saturated rings. The second kappa shape index (κ2) is 1.99. The predicted octanol–water partition coefficient (Wildman–Crippen LogP) is 1.14. The first-order chi connectivity index (χ1) is 5.45. The smallest absolute Gasteiger partial charge is 0.314 e. The van der Waals surface area contributed by atoms with Crippen molar-refractivity contribution in [3.63, 3.8) is 0 Å². The van der Waals surface area contributed by atoms with Gasteiger partial charge in [0.05, 0.1) is 12.8 Å². The van der Waals surface area contributed by atoms with Crippen LogP contribution in [0.1, 0.15) is 19.3 Å². The van der Waals surface area contributed by atoms with Gasteiger partial charge in [-0.15, -0.1) is 0 Å². The normalized spacial score (nSPS) is 38.2. The van der Waals surface area contributed by atoms with Crippen LogP contribution in [-0.2, 0) is 14.3 Å². The van der Waals surface area contributed by atoms with Crippen molar-refractivity contribution in [1.29, 1.82) is 0 Å². The minimum atomic E-state index is -1.87. The molecule has 0 aromatic carbocycles. The highest BCUT2D eigenvalue weighted by Gasteiger charge is 2.71. The fourth-order valence-corrected chi connectivity index (χ4v) is 1.97. The third kappa shape index (κ3) is 0.941. The molecule has 1 heterocycles. The maximum Gasteiger partial charge on any atom is 0.314 e. The first-order valence-electron chi connectivity index (χ1n) is 3.57. The summed E-state index contributed by atoms with van der Waals surface area (Å²) in [4.78, 5) is 21.5. The van der Waals surface area contributed by atoms with Gasteiger partial charge >= 0.3 is 11.9 Å². The monoisotopic (exact) mass is 192 g/mol. The molecule has 5 heteroatoms. The molecule has 1 saturated heterocycles. The van der Waals surface area contributed by atoms with Crippen LogP contribution in [0.25, 0.3) is 0 Å². The van der Waals surface area contributed by atoms with Gasteiger partial charge in [-0.3, -0.25) is 9.59 Å². The van der Waals surface area contributed by atoms with Gasteiger partial charge in [-0.1, -0.05) is 11.6 Å². The Hall–Kier alpha value is -0.640. The molecule has 66 valence electrons. The van der Waals surface area contributed by atoms with Gasteiger partial charge in [0.25, 0.3) is 0 Å². The number of ether oxygens (including phenoxy) is 1. The molecule has 1 spiro atoms. The number of alkyl halides is 2. The standard InChI is InChI=1S/C7H6ClFO3/c8-7(9)3-6(7)1-4(10)12-5(11)2-6/h1-3H2.